The number of aliphatic hydroxyl groups is 3. The first-order valence-electron chi connectivity index (χ1n) is 4.56. The summed E-state index contributed by atoms with van der Waals surface area (Å²) in [6.07, 6.45) is -5.46. The summed E-state index contributed by atoms with van der Waals surface area (Å²) in [5, 5.41) is 28.1. The van der Waals surface area contributed by atoms with E-state index in [1.165, 1.54) is 0 Å². The predicted octanol–water partition coefficient (Wildman–Crippen LogP) is -1.81. The van der Waals surface area contributed by atoms with Gasteiger partial charge in [0.15, 0.2) is 12.6 Å². The molecular weight excluding hydrogens is 192 g/mol. The fourth-order valence-electron chi connectivity index (χ4n) is 1.71. The number of aliphatic hydroxyl groups excluding tert-OH is 3. The molecule has 0 bridgehead atoms. The van der Waals surface area contributed by atoms with Crippen LogP contribution in [0.2, 0.25) is 0 Å². The molecule has 2 aliphatic heterocycles. The molecule has 0 aliphatic carbocycles. The van der Waals surface area contributed by atoms with E-state index in [9.17, 15) is 15.3 Å². The van der Waals surface area contributed by atoms with Gasteiger partial charge in [0.05, 0.1) is 6.61 Å². The van der Waals surface area contributed by atoms with Crippen molar-refractivity contribution in [2.75, 3.05) is 6.61 Å². The molecule has 0 aromatic rings. The molecule has 0 aromatic carbocycles. The van der Waals surface area contributed by atoms with Gasteiger partial charge in [-0.05, 0) is 6.92 Å². The number of rotatable bonds is 0. The Morgan fingerprint density at radius 1 is 1.07 bits per heavy atom. The molecule has 2 rings (SSSR count). The highest BCUT2D eigenvalue weighted by Gasteiger charge is 2.47. The van der Waals surface area contributed by atoms with Crippen molar-refractivity contribution >= 4 is 0 Å². The normalized spacial score (nSPS) is 54.0. The maximum Gasteiger partial charge on any atom is 0.184 e. The molecule has 2 aliphatic rings. The fourth-order valence-corrected chi connectivity index (χ4v) is 1.71. The number of hydrogen-bond acceptors (Lipinski definition) is 6. The Kier molecular flexibility index (Phi) is 2.74. The molecular formula is C8H14O6. The first-order valence-corrected chi connectivity index (χ1v) is 4.56. The average Bonchev–Trinajstić information content (AvgIpc) is 2.16. The molecule has 82 valence electrons. The van der Waals surface area contributed by atoms with Crippen molar-refractivity contribution < 1.29 is 29.5 Å². The lowest BCUT2D eigenvalue weighted by Crippen LogP contribution is -2.62. The van der Waals surface area contributed by atoms with Crippen LogP contribution in [0.5, 0.6) is 0 Å². The molecule has 0 saturated carbocycles. The van der Waals surface area contributed by atoms with Gasteiger partial charge >= 0.3 is 0 Å². The van der Waals surface area contributed by atoms with Crippen LogP contribution in [0, 0.1) is 0 Å². The van der Waals surface area contributed by atoms with Gasteiger partial charge in [0, 0.05) is 0 Å². The van der Waals surface area contributed by atoms with E-state index in [4.69, 9.17) is 14.2 Å². The second kappa shape index (κ2) is 3.73. The van der Waals surface area contributed by atoms with E-state index in [1.54, 1.807) is 6.92 Å². The van der Waals surface area contributed by atoms with Gasteiger partial charge in [-0.2, -0.15) is 0 Å². The predicted molar refractivity (Wildman–Crippen MR) is 43.2 cm³/mol. The molecule has 2 heterocycles. The zero-order chi connectivity index (χ0) is 10.3. The summed E-state index contributed by atoms with van der Waals surface area (Å²) in [6.45, 7) is 1.94. The molecule has 0 amide bonds. The molecule has 0 aromatic heterocycles. The molecule has 2 saturated heterocycles. The van der Waals surface area contributed by atoms with Crippen LogP contribution in [-0.4, -0.2) is 58.9 Å². The quantitative estimate of drug-likeness (QED) is 0.433. The zero-order valence-electron chi connectivity index (χ0n) is 7.74. The largest absolute Gasteiger partial charge is 0.387 e. The van der Waals surface area contributed by atoms with Crippen LogP contribution in [0.3, 0.4) is 0 Å². The van der Waals surface area contributed by atoms with E-state index in [2.05, 4.69) is 0 Å². The van der Waals surface area contributed by atoms with Gasteiger partial charge in [-0.1, -0.05) is 0 Å². The van der Waals surface area contributed by atoms with E-state index in [0.717, 1.165) is 0 Å². The van der Waals surface area contributed by atoms with E-state index >= 15 is 0 Å². The van der Waals surface area contributed by atoms with Gasteiger partial charge < -0.3 is 29.5 Å². The summed E-state index contributed by atoms with van der Waals surface area (Å²) < 4.78 is 15.4. The lowest BCUT2D eigenvalue weighted by Gasteiger charge is -2.44. The molecule has 0 unspecified atom stereocenters. The highest BCUT2D eigenvalue weighted by molar-refractivity contribution is 4.91. The van der Waals surface area contributed by atoms with Gasteiger partial charge in [-0.25, -0.2) is 0 Å². The third kappa shape index (κ3) is 1.65. The Hall–Kier alpha value is -0.240. The van der Waals surface area contributed by atoms with Crippen molar-refractivity contribution in [3.05, 3.63) is 0 Å². The number of ether oxygens (including phenoxy) is 3. The van der Waals surface area contributed by atoms with Gasteiger partial charge in [0.25, 0.3) is 0 Å². The number of fused-ring (bicyclic) bond motifs is 1. The minimum atomic E-state index is -1.38. The van der Waals surface area contributed by atoms with Crippen LogP contribution in [0.4, 0.5) is 0 Å². The summed E-state index contributed by atoms with van der Waals surface area (Å²) in [6, 6.07) is 0. The molecule has 2 fully saturated rings. The van der Waals surface area contributed by atoms with Crippen molar-refractivity contribution in [3.63, 3.8) is 0 Å². The molecule has 14 heavy (non-hydrogen) atoms. The highest BCUT2D eigenvalue weighted by Crippen LogP contribution is 2.27. The monoisotopic (exact) mass is 206 g/mol. The molecule has 3 N–H and O–H groups in total. The van der Waals surface area contributed by atoms with Crippen molar-refractivity contribution in [2.45, 2.75) is 43.9 Å². The molecule has 6 heteroatoms. The lowest BCUT2D eigenvalue weighted by atomic mass is 9.98. The minimum absolute atomic E-state index is 0.243. The lowest BCUT2D eigenvalue weighted by molar-refractivity contribution is -0.348. The minimum Gasteiger partial charge on any atom is -0.387 e. The summed E-state index contributed by atoms with van der Waals surface area (Å²) in [5.74, 6) is 0. The number of hydrogen-bond donors (Lipinski definition) is 3. The standard InChI is InChI=1S/C8H14O6/c1-3-12-2-4-7(13-3)5(9)6(10)8(11)14-4/h3-11H,2H2,1H3/t3-,4+,5-,6-,7+,8+/m1/s1. The van der Waals surface area contributed by atoms with Crippen LogP contribution >= 0.6 is 0 Å². The smallest absolute Gasteiger partial charge is 0.184 e. The van der Waals surface area contributed by atoms with E-state index in [-0.39, 0.29) is 6.61 Å². The third-order valence-electron chi connectivity index (χ3n) is 2.50. The highest BCUT2D eigenvalue weighted by atomic mass is 16.7. The maximum absolute atomic E-state index is 9.59. The Morgan fingerprint density at radius 2 is 1.79 bits per heavy atom. The first kappa shape index (κ1) is 10.3. The summed E-state index contributed by atoms with van der Waals surface area (Å²) in [5.41, 5.74) is 0. The van der Waals surface area contributed by atoms with Crippen LogP contribution in [0.1, 0.15) is 6.92 Å². The summed E-state index contributed by atoms with van der Waals surface area (Å²) >= 11 is 0. The Balaban J connectivity index is 2.08. The van der Waals surface area contributed by atoms with Crippen molar-refractivity contribution in [1.29, 1.82) is 0 Å². The molecule has 6 nitrogen and oxygen atoms in total. The Bertz CT molecular complexity index is 208. The maximum atomic E-state index is 9.59. The molecule has 6 atom stereocenters. The second-order valence-corrected chi connectivity index (χ2v) is 3.55. The van der Waals surface area contributed by atoms with Gasteiger partial charge in [0.2, 0.25) is 0 Å². The average molecular weight is 206 g/mol. The SMILES string of the molecule is C[C@@H]1OC[C@@H]2O[C@H](O)[C@H](O)[C@@H](O)[C@H]2O1. The van der Waals surface area contributed by atoms with Gasteiger partial charge in [0.1, 0.15) is 24.4 Å². The van der Waals surface area contributed by atoms with Gasteiger partial charge in [-0.3, -0.25) is 0 Å². The summed E-state index contributed by atoms with van der Waals surface area (Å²) in [7, 11) is 0. The van der Waals surface area contributed by atoms with Crippen molar-refractivity contribution in [2.24, 2.45) is 0 Å². The zero-order valence-corrected chi connectivity index (χ0v) is 7.74. The van der Waals surface area contributed by atoms with Crippen LogP contribution in [0.15, 0.2) is 0 Å². The topological polar surface area (TPSA) is 88.4 Å². The Labute approximate surface area is 81.0 Å². The van der Waals surface area contributed by atoms with Crippen molar-refractivity contribution in [3.8, 4) is 0 Å². The first-order chi connectivity index (χ1) is 6.59. The van der Waals surface area contributed by atoms with Crippen LogP contribution in [0.25, 0.3) is 0 Å². The van der Waals surface area contributed by atoms with Crippen molar-refractivity contribution in [1.82, 2.24) is 0 Å². The van der Waals surface area contributed by atoms with Crippen LogP contribution in [-0.2, 0) is 14.2 Å². The third-order valence-corrected chi connectivity index (χ3v) is 2.50. The van der Waals surface area contributed by atoms with E-state index in [0.29, 0.717) is 0 Å². The van der Waals surface area contributed by atoms with E-state index < -0.39 is 37.0 Å². The van der Waals surface area contributed by atoms with E-state index in [1.807, 2.05) is 0 Å². The molecule has 0 radical (unpaired) electrons. The van der Waals surface area contributed by atoms with Gasteiger partial charge in [-0.15, -0.1) is 0 Å². The summed E-state index contributed by atoms with van der Waals surface area (Å²) in [4.78, 5) is 0. The van der Waals surface area contributed by atoms with Crippen LogP contribution < -0.4 is 0 Å². The molecule has 0 spiro atoms. The Morgan fingerprint density at radius 3 is 2.50 bits per heavy atom. The fraction of sp³-hybridized carbons (Fsp3) is 1.00. The second-order valence-electron chi connectivity index (χ2n) is 3.55.